The maximum absolute atomic E-state index is 12.1. The second-order valence-electron chi connectivity index (χ2n) is 6.02. The van der Waals surface area contributed by atoms with Gasteiger partial charge in [0.05, 0.1) is 0 Å². The van der Waals surface area contributed by atoms with E-state index in [1.54, 1.807) is 0 Å². The maximum atomic E-state index is 12.1. The number of halogens is 1. The van der Waals surface area contributed by atoms with Crippen molar-refractivity contribution in [2.24, 2.45) is 11.8 Å². The predicted molar refractivity (Wildman–Crippen MR) is 75.8 cm³/mol. The van der Waals surface area contributed by atoms with Crippen LogP contribution < -0.4 is 0 Å². The lowest BCUT2D eigenvalue weighted by Crippen LogP contribution is -2.38. The Morgan fingerprint density at radius 1 is 1.00 bits per heavy atom. The minimum atomic E-state index is 0.383. The molecule has 1 saturated heterocycles. The number of hydrogen-bond acceptors (Lipinski definition) is 1. The van der Waals surface area contributed by atoms with E-state index in [2.05, 4.69) is 4.90 Å². The zero-order chi connectivity index (χ0) is 12.8. The molecule has 0 bridgehead atoms. The highest BCUT2D eigenvalue weighted by molar-refractivity contribution is 6.18. The van der Waals surface area contributed by atoms with Crippen LogP contribution >= 0.6 is 11.6 Å². The van der Waals surface area contributed by atoms with Crippen LogP contribution in [0, 0.1) is 11.8 Å². The van der Waals surface area contributed by atoms with Crippen LogP contribution in [0.2, 0.25) is 0 Å². The molecule has 0 aromatic rings. The zero-order valence-corrected chi connectivity index (χ0v) is 12.1. The van der Waals surface area contributed by atoms with Crippen molar-refractivity contribution < 1.29 is 4.79 Å². The summed E-state index contributed by atoms with van der Waals surface area (Å²) in [5, 5.41) is 0. The summed E-state index contributed by atoms with van der Waals surface area (Å²) in [7, 11) is 0. The molecule has 0 aromatic carbocycles. The molecule has 0 N–H and O–H groups in total. The second-order valence-corrected chi connectivity index (χ2v) is 6.33. The van der Waals surface area contributed by atoms with Gasteiger partial charge in [-0.05, 0) is 31.1 Å². The van der Waals surface area contributed by atoms with Crippen molar-refractivity contribution in [2.75, 3.05) is 19.0 Å². The minimum absolute atomic E-state index is 0.383. The van der Waals surface area contributed by atoms with E-state index in [4.69, 9.17) is 11.6 Å². The first-order valence-corrected chi connectivity index (χ1v) is 8.17. The molecule has 3 heteroatoms. The molecule has 2 aliphatic rings. The summed E-state index contributed by atoms with van der Waals surface area (Å²) in [6, 6.07) is 0. The van der Waals surface area contributed by atoms with Gasteiger partial charge in [-0.15, -0.1) is 11.6 Å². The van der Waals surface area contributed by atoms with E-state index in [1.807, 2.05) is 0 Å². The van der Waals surface area contributed by atoms with Gasteiger partial charge in [0.2, 0.25) is 5.91 Å². The molecule has 0 radical (unpaired) electrons. The first-order valence-electron chi connectivity index (χ1n) is 7.63. The Labute approximate surface area is 116 Å². The zero-order valence-electron chi connectivity index (χ0n) is 11.4. The molecule has 0 atom stereocenters. The number of piperidine rings is 1. The number of likely N-dealkylation sites (tertiary alicyclic amines) is 1. The van der Waals surface area contributed by atoms with Gasteiger partial charge in [0, 0.05) is 25.4 Å². The van der Waals surface area contributed by atoms with Gasteiger partial charge in [-0.1, -0.05) is 32.1 Å². The molecule has 2 nitrogen and oxygen atoms in total. The van der Waals surface area contributed by atoms with Gasteiger partial charge in [0.25, 0.3) is 0 Å². The van der Waals surface area contributed by atoms with Gasteiger partial charge < -0.3 is 4.90 Å². The molecule has 2 rings (SSSR count). The first kappa shape index (κ1) is 14.2. The molecule has 1 saturated carbocycles. The van der Waals surface area contributed by atoms with Crippen LogP contribution in [-0.4, -0.2) is 29.8 Å². The lowest BCUT2D eigenvalue weighted by atomic mass is 9.86. The highest BCUT2D eigenvalue weighted by Crippen LogP contribution is 2.28. The van der Waals surface area contributed by atoms with Crippen LogP contribution in [0.4, 0.5) is 0 Å². The fraction of sp³-hybridized carbons (Fsp3) is 0.933. The summed E-state index contributed by atoms with van der Waals surface area (Å²) >= 11 is 5.87. The summed E-state index contributed by atoms with van der Waals surface area (Å²) in [6.45, 7) is 1.86. The van der Waals surface area contributed by atoms with Crippen molar-refractivity contribution in [3.05, 3.63) is 0 Å². The first-order chi connectivity index (χ1) is 8.79. The van der Waals surface area contributed by atoms with E-state index in [1.165, 1.54) is 32.1 Å². The van der Waals surface area contributed by atoms with Crippen molar-refractivity contribution in [3.63, 3.8) is 0 Å². The van der Waals surface area contributed by atoms with E-state index in [0.717, 1.165) is 50.6 Å². The molecule has 104 valence electrons. The number of carbonyl (C=O) groups excluding carboxylic acids is 1. The molecule has 2 fully saturated rings. The smallest absolute Gasteiger partial charge is 0.222 e. The Kier molecular flexibility index (Phi) is 5.81. The Hall–Kier alpha value is -0.240. The minimum Gasteiger partial charge on any atom is -0.343 e. The molecule has 0 spiro atoms. The number of hydrogen-bond donors (Lipinski definition) is 0. The molecule has 0 aromatic heterocycles. The summed E-state index contributed by atoms with van der Waals surface area (Å²) in [5.74, 6) is 2.59. The molecular weight excluding hydrogens is 246 g/mol. The monoisotopic (exact) mass is 271 g/mol. The molecule has 18 heavy (non-hydrogen) atoms. The average Bonchev–Trinajstić information content (AvgIpc) is 2.46. The average molecular weight is 272 g/mol. The van der Waals surface area contributed by atoms with Crippen LogP contribution in [-0.2, 0) is 4.79 Å². The van der Waals surface area contributed by atoms with E-state index in [0.29, 0.717) is 11.8 Å². The normalized spacial score (nSPS) is 23.3. The van der Waals surface area contributed by atoms with Crippen LogP contribution in [0.1, 0.15) is 57.8 Å². The topological polar surface area (TPSA) is 20.3 Å². The van der Waals surface area contributed by atoms with Crippen LogP contribution in [0.3, 0.4) is 0 Å². The van der Waals surface area contributed by atoms with Crippen molar-refractivity contribution >= 4 is 17.5 Å². The maximum Gasteiger partial charge on any atom is 0.222 e. The molecule has 1 amide bonds. The number of amides is 1. The van der Waals surface area contributed by atoms with Gasteiger partial charge in [0.15, 0.2) is 0 Å². The highest BCUT2D eigenvalue weighted by atomic mass is 35.5. The van der Waals surface area contributed by atoms with Crippen molar-refractivity contribution in [1.29, 1.82) is 0 Å². The Bertz CT molecular complexity index is 255. The predicted octanol–water partition coefficient (Wildman–Crippen LogP) is 3.82. The summed E-state index contributed by atoms with van der Waals surface area (Å²) in [6.07, 6.45) is 10.9. The van der Waals surface area contributed by atoms with Crippen molar-refractivity contribution in [2.45, 2.75) is 57.8 Å². The number of rotatable bonds is 4. The van der Waals surface area contributed by atoms with Gasteiger partial charge in [-0.3, -0.25) is 4.79 Å². The quantitative estimate of drug-likeness (QED) is 0.712. The lowest BCUT2D eigenvalue weighted by Gasteiger charge is -2.31. The fourth-order valence-corrected chi connectivity index (χ4v) is 3.61. The third kappa shape index (κ3) is 4.15. The molecule has 1 heterocycles. The van der Waals surface area contributed by atoms with Gasteiger partial charge in [0.1, 0.15) is 0 Å². The summed E-state index contributed by atoms with van der Waals surface area (Å²) in [4.78, 5) is 14.2. The Balaban J connectivity index is 1.65. The third-order valence-corrected chi connectivity index (χ3v) is 5.11. The molecular formula is C15H26ClNO. The van der Waals surface area contributed by atoms with Gasteiger partial charge >= 0.3 is 0 Å². The largest absolute Gasteiger partial charge is 0.343 e. The number of alkyl halides is 1. The van der Waals surface area contributed by atoms with Crippen LogP contribution in [0.25, 0.3) is 0 Å². The second kappa shape index (κ2) is 7.37. The summed E-state index contributed by atoms with van der Waals surface area (Å²) in [5.41, 5.74) is 0. The van der Waals surface area contributed by atoms with E-state index in [9.17, 15) is 4.79 Å². The standard InChI is InChI=1S/C15H26ClNO/c16-12-14-8-10-17(11-9-14)15(18)7-6-13-4-2-1-3-5-13/h13-14H,1-12H2. The molecule has 1 aliphatic carbocycles. The number of nitrogens with zero attached hydrogens (tertiary/aromatic N) is 1. The molecule has 1 aliphatic heterocycles. The van der Waals surface area contributed by atoms with Crippen molar-refractivity contribution in [3.8, 4) is 0 Å². The van der Waals surface area contributed by atoms with E-state index >= 15 is 0 Å². The van der Waals surface area contributed by atoms with E-state index in [-0.39, 0.29) is 0 Å². The SMILES string of the molecule is O=C(CCC1CCCCC1)N1CCC(CCl)CC1. The highest BCUT2D eigenvalue weighted by Gasteiger charge is 2.23. The third-order valence-electron chi connectivity index (χ3n) is 4.68. The van der Waals surface area contributed by atoms with Crippen LogP contribution in [0.5, 0.6) is 0 Å². The Morgan fingerprint density at radius 3 is 2.28 bits per heavy atom. The fourth-order valence-electron chi connectivity index (χ4n) is 3.30. The van der Waals surface area contributed by atoms with Gasteiger partial charge in [-0.2, -0.15) is 0 Å². The lowest BCUT2D eigenvalue weighted by molar-refractivity contribution is -0.132. The van der Waals surface area contributed by atoms with Crippen LogP contribution in [0.15, 0.2) is 0 Å². The Morgan fingerprint density at radius 2 is 1.67 bits per heavy atom. The van der Waals surface area contributed by atoms with Gasteiger partial charge in [-0.25, -0.2) is 0 Å². The van der Waals surface area contributed by atoms with E-state index < -0.39 is 0 Å². The molecule has 0 unspecified atom stereocenters. The van der Waals surface area contributed by atoms with Crippen molar-refractivity contribution in [1.82, 2.24) is 4.90 Å². The summed E-state index contributed by atoms with van der Waals surface area (Å²) < 4.78 is 0. The number of carbonyl (C=O) groups is 1.